The number of carbonyl (C=O) groups is 1. The van der Waals surface area contributed by atoms with Gasteiger partial charge in [-0.2, -0.15) is 5.10 Å². The second-order valence-corrected chi connectivity index (χ2v) is 6.88. The average molecular weight is 425 g/mol. The molecule has 0 bridgehead atoms. The van der Waals surface area contributed by atoms with Crippen molar-refractivity contribution in [2.75, 3.05) is 0 Å². The minimum absolute atomic E-state index is 0.0214. The molecule has 30 heavy (non-hydrogen) atoms. The summed E-state index contributed by atoms with van der Waals surface area (Å²) in [6, 6.07) is 18.5. The molecule has 4 aromatic rings. The SMILES string of the molecule is O=C(c1ccc(F)cc1)n1ccc(-c2cccc(OCc3c(F)cccc3Cl)c2)n1. The van der Waals surface area contributed by atoms with Gasteiger partial charge in [0, 0.05) is 22.9 Å². The molecule has 0 aliphatic rings. The Bertz CT molecular complexity index is 1190. The molecule has 4 rings (SSSR count). The van der Waals surface area contributed by atoms with Gasteiger partial charge in [-0.15, -0.1) is 0 Å². The molecule has 4 nitrogen and oxygen atoms in total. The summed E-state index contributed by atoms with van der Waals surface area (Å²) >= 11 is 6.03. The highest BCUT2D eigenvalue weighted by atomic mass is 35.5. The molecule has 1 heterocycles. The number of benzene rings is 3. The Morgan fingerprint density at radius 3 is 2.53 bits per heavy atom. The van der Waals surface area contributed by atoms with Crippen molar-refractivity contribution in [3.8, 4) is 17.0 Å². The van der Waals surface area contributed by atoms with Gasteiger partial charge in [0.15, 0.2) is 0 Å². The van der Waals surface area contributed by atoms with E-state index >= 15 is 0 Å². The Balaban J connectivity index is 1.52. The van der Waals surface area contributed by atoms with Gasteiger partial charge in [0.1, 0.15) is 24.0 Å². The Morgan fingerprint density at radius 2 is 1.77 bits per heavy atom. The fourth-order valence-electron chi connectivity index (χ4n) is 2.89. The predicted octanol–water partition coefficient (Wildman–Crippen LogP) is 5.75. The van der Waals surface area contributed by atoms with Gasteiger partial charge in [0.05, 0.1) is 10.7 Å². The lowest BCUT2D eigenvalue weighted by molar-refractivity contribution is 0.0945. The molecule has 0 fully saturated rings. The van der Waals surface area contributed by atoms with E-state index < -0.39 is 11.6 Å². The van der Waals surface area contributed by atoms with E-state index in [1.165, 1.54) is 47.3 Å². The lowest BCUT2D eigenvalue weighted by Crippen LogP contribution is -2.12. The Kier molecular flexibility index (Phi) is 5.59. The number of rotatable bonds is 5. The first kappa shape index (κ1) is 19.8. The topological polar surface area (TPSA) is 44.1 Å². The van der Waals surface area contributed by atoms with E-state index in [4.69, 9.17) is 16.3 Å². The quantitative estimate of drug-likeness (QED) is 0.410. The molecule has 0 atom stereocenters. The van der Waals surface area contributed by atoms with E-state index in [1.54, 1.807) is 30.3 Å². The van der Waals surface area contributed by atoms with E-state index in [2.05, 4.69) is 5.10 Å². The van der Waals surface area contributed by atoms with Crippen molar-refractivity contribution in [1.82, 2.24) is 9.78 Å². The minimum atomic E-state index is -0.434. The number of hydrogen-bond donors (Lipinski definition) is 0. The van der Waals surface area contributed by atoms with Crippen LogP contribution in [0.25, 0.3) is 11.3 Å². The van der Waals surface area contributed by atoms with E-state index in [9.17, 15) is 13.6 Å². The zero-order valence-corrected chi connectivity index (χ0v) is 16.3. The number of halogens is 3. The normalized spacial score (nSPS) is 10.8. The zero-order valence-electron chi connectivity index (χ0n) is 15.6. The van der Waals surface area contributed by atoms with E-state index in [1.807, 2.05) is 6.07 Å². The van der Waals surface area contributed by atoms with Crippen LogP contribution in [0.2, 0.25) is 5.02 Å². The van der Waals surface area contributed by atoms with Gasteiger partial charge in [-0.3, -0.25) is 4.79 Å². The average Bonchev–Trinajstić information content (AvgIpc) is 3.24. The summed E-state index contributed by atoms with van der Waals surface area (Å²) in [6.07, 6.45) is 1.54. The second kappa shape index (κ2) is 8.47. The molecule has 0 aliphatic carbocycles. The van der Waals surface area contributed by atoms with Crippen molar-refractivity contribution in [1.29, 1.82) is 0 Å². The number of nitrogens with zero attached hydrogens (tertiary/aromatic N) is 2. The number of carbonyl (C=O) groups excluding carboxylic acids is 1. The van der Waals surface area contributed by atoms with Gasteiger partial charge in [0.2, 0.25) is 0 Å². The highest BCUT2D eigenvalue weighted by Crippen LogP contribution is 2.25. The third-order valence-electron chi connectivity index (χ3n) is 4.46. The standard InChI is InChI=1S/C23H15ClF2N2O2/c24-20-5-2-6-21(26)19(20)14-30-18-4-1-3-16(13-18)22-11-12-28(27-22)23(29)15-7-9-17(25)10-8-15/h1-13H,14H2. The first-order valence-electron chi connectivity index (χ1n) is 9.03. The largest absolute Gasteiger partial charge is 0.489 e. The maximum Gasteiger partial charge on any atom is 0.278 e. The van der Waals surface area contributed by atoms with Crippen molar-refractivity contribution in [2.45, 2.75) is 6.61 Å². The Labute approximate surface area is 176 Å². The second-order valence-electron chi connectivity index (χ2n) is 6.47. The maximum atomic E-state index is 13.9. The van der Waals surface area contributed by atoms with Gasteiger partial charge in [0.25, 0.3) is 5.91 Å². The van der Waals surface area contributed by atoms with Crippen LogP contribution in [0, 0.1) is 11.6 Å². The van der Waals surface area contributed by atoms with Crippen LogP contribution in [-0.2, 0) is 6.61 Å². The number of ether oxygens (including phenoxy) is 1. The van der Waals surface area contributed by atoms with Crippen LogP contribution in [0.4, 0.5) is 8.78 Å². The monoisotopic (exact) mass is 424 g/mol. The summed E-state index contributed by atoms with van der Waals surface area (Å²) in [5.41, 5.74) is 1.88. The van der Waals surface area contributed by atoms with Crippen LogP contribution in [0.5, 0.6) is 5.75 Å². The molecule has 0 unspecified atom stereocenters. The molecule has 3 aromatic carbocycles. The molecule has 0 N–H and O–H groups in total. The van der Waals surface area contributed by atoms with Crippen molar-refractivity contribution in [3.63, 3.8) is 0 Å². The molecule has 7 heteroatoms. The van der Waals surface area contributed by atoms with Crippen molar-refractivity contribution in [2.24, 2.45) is 0 Å². The molecule has 0 saturated heterocycles. The molecule has 0 radical (unpaired) electrons. The van der Waals surface area contributed by atoms with Gasteiger partial charge >= 0.3 is 0 Å². The molecular formula is C23H15ClF2N2O2. The van der Waals surface area contributed by atoms with E-state index in [0.717, 1.165) is 5.56 Å². The molecule has 150 valence electrons. The summed E-state index contributed by atoms with van der Waals surface area (Å²) in [7, 11) is 0. The maximum absolute atomic E-state index is 13.9. The van der Waals surface area contributed by atoms with E-state index in [0.29, 0.717) is 22.0 Å². The zero-order chi connectivity index (χ0) is 21.1. The van der Waals surface area contributed by atoms with Crippen LogP contribution in [-0.4, -0.2) is 15.7 Å². The molecule has 0 amide bonds. The number of hydrogen-bond acceptors (Lipinski definition) is 3. The van der Waals surface area contributed by atoms with Crippen LogP contribution >= 0.6 is 11.6 Å². The highest BCUT2D eigenvalue weighted by Gasteiger charge is 2.12. The van der Waals surface area contributed by atoms with Crippen LogP contribution in [0.1, 0.15) is 15.9 Å². The summed E-state index contributed by atoms with van der Waals surface area (Å²) < 4.78 is 33.8. The molecule has 0 saturated carbocycles. The van der Waals surface area contributed by atoms with Crippen molar-refractivity contribution in [3.05, 3.63) is 107 Å². The third-order valence-corrected chi connectivity index (χ3v) is 4.82. The molecule has 1 aromatic heterocycles. The molecule has 0 aliphatic heterocycles. The fourth-order valence-corrected chi connectivity index (χ4v) is 3.10. The van der Waals surface area contributed by atoms with Crippen LogP contribution < -0.4 is 4.74 Å². The minimum Gasteiger partial charge on any atom is -0.489 e. The highest BCUT2D eigenvalue weighted by molar-refractivity contribution is 6.31. The summed E-state index contributed by atoms with van der Waals surface area (Å²) in [4.78, 5) is 12.5. The third kappa shape index (κ3) is 4.23. The molecular weight excluding hydrogens is 410 g/mol. The lowest BCUT2D eigenvalue weighted by atomic mass is 10.1. The van der Waals surface area contributed by atoms with Crippen LogP contribution in [0.3, 0.4) is 0 Å². The van der Waals surface area contributed by atoms with Gasteiger partial charge in [-0.25, -0.2) is 13.5 Å². The smallest absolute Gasteiger partial charge is 0.278 e. The predicted molar refractivity (Wildman–Crippen MR) is 110 cm³/mol. The van der Waals surface area contributed by atoms with Gasteiger partial charge in [-0.05, 0) is 54.6 Å². The van der Waals surface area contributed by atoms with Crippen molar-refractivity contribution >= 4 is 17.5 Å². The van der Waals surface area contributed by atoms with Gasteiger partial charge < -0.3 is 4.74 Å². The molecule has 0 spiro atoms. The first-order chi connectivity index (χ1) is 14.5. The van der Waals surface area contributed by atoms with Crippen LogP contribution in [0.15, 0.2) is 79.0 Å². The number of aromatic nitrogens is 2. The lowest BCUT2D eigenvalue weighted by Gasteiger charge is -2.09. The fraction of sp³-hybridized carbons (Fsp3) is 0.0435. The Hall–Kier alpha value is -3.51. The van der Waals surface area contributed by atoms with E-state index in [-0.39, 0.29) is 18.1 Å². The van der Waals surface area contributed by atoms with Crippen molar-refractivity contribution < 1.29 is 18.3 Å². The van der Waals surface area contributed by atoms with Gasteiger partial charge in [-0.1, -0.05) is 29.8 Å². The summed E-state index contributed by atoms with van der Waals surface area (Å²) in [5, 5.41) is 4.60. The summed E-state index contributed by atoms with van der Waals surface area (Å²) in [6.45, 7) is -0.0214. The Morgan fingerprint density at radius 1 is 1.00 bits per heavy atom. The summed E-state index contributed by atoms with van der Waals surface area (Å²) in [5.74, 6) is -0.716. The first-order valence-corrected chi connectivity index (χ1v) is 9.41.